The summed E-state index contributed by atoms with van der Waals surface area (Å²) in [5.41, 5.74) is 0. The van der Waals surface area contributed by atoms with E-state index in [0.717, 1.165) is 13.1 Å². The molecule has 2 nitrogen and oxygen atoms in total. The summed E-state index contributed by atoms with van der Waals surface area (Å²) in [5, 5.41) is 7.01. The van der Waals surface area contributed by atoms with E-state index in [0.29, 0.717) is 12.1 Å². The van der Waals surface area contributed by atoms with E-state index in [4.69, 9.17) is 0 Å². The smallest absolute Gasteiger partial charge is 0.0193 e. The zero-order valence-electron chi connectivity index (χ0n) is 6.98. The normalized spacial score (nSPS) is 34.2. The van der Waals surface area contributed by atoms with Crippen molar-refractivity contribution >= 4 is 0 Å². The molecule has 1 aliphatic rings. The van der Waals surface area contributed by atoms with Gasteiger partial charge in [-0.2, -0.15) is 0 Å². The SMILES string of the molecule is CC[C@@H]1CNC[C@@H](CC)N1. The molecule has 0 radical (unpaired) electrons. The van der Waals surface area contributed by atoms with Crippen molar-refractivity contribution in [2.45, 2.75) is 38.8 Å². The maximum Gasteiger partial charge on any atom is 0.0193 e. The Morgan fingerprint density at radius 2 is 1.60 bits per heavy atom. The first-order chi connectivity index (χ1) is 4.86. The molecule has 60 valence electrons. The maximum atomic E-state index is 3.59. The van der Waals surface area contributed by atoms with Gasteiger partial charge in [0.15, 0.2) is 0 Å². The van der Waals surface area contributed by atoms with Gasteiger partial charge < -0.3 is 10.6 Å². The number of nitrogens with one attached hydrogen (secondary N) is 2. The van der Waals surface area contributed by atoms with Gasteiger partial charge in [0, 0.05) is 25.2 Å². The Balaban J connectivity index is 2.25. The summed E-state index contributed by atoms with van der Waals surface area (Å²) in [6, 6.07) is 1.41. The van der Waals surface area contributed by atoms with Crippen LogP contribution < -0.4 is 10.6 Å². The van der Waals surface area contributed by atoms with E-state index in [-0.39, 0.29) is 0 Å². The van der Waals surface area contributed by atoms with E-state index in [9.17, 15) is 0 Å². The third-order valence-electron chi connectivity index (χ3n) is 2.24. The summed E-state index contributed by atoms with van der Waals surface area (Å²) in [6.07, 6.45) is 2.48. The Bertz CT molecular complexity index is 83.3. The minimum atomic E-state index is 0.707. The zero-order chi connectivity index (χ0) is 7.40. The Hall–Kier alpha value is -0.0800. The van der Waals surface area contributed by atoms with Crippen molar-refractivity contribution < 1.29 is 0 Å². The van der Waals surface area contributed by atoms with E-state index in [1.54, 1.807) is 0 Å². The van der Waals surface area contributed by atoms with Crippen molar-refractivity contribution in [3.8, 4) is 0 Å². The summed E-state index contributed by atoms with van der Waals surface area (Å²) >= 11 is 0. The molecule has 0 bridgehead atoms. The minimum Gasteiger partial charge on any atom is -0.314 e. The van der Waals surface area contributed by atoms with Gasteiger partial charge in [-0.1, -0.05) is 13.8 Å². The molecule has 2 atom stereocenters. The van der Waals surface area contributed by atoms with Crippen LogP contribution in [0.3, 0.4) is 0 Å². The molecule has 10 heavy (non-hydrogen) atoms. The van der Waals surface area contributed by atoms with Crippen LogP contribution in [0.25, 0.3) is 0 Å². The highest BCUT2D eigenvalue weighted by Gasteiger charge is 2.16. The molecule has 2 heteroatoms. The van der Waals surface area contributed by atoms with Gasteiger partial charge in [0.25, 0.3) is 0 Å². The second kappa shape index (κ2) is 3.94. The highest BCUT2D eigenvalue weighted by molar-refractivity contribution is 4.81. The first-order valence-corrected chi connectivity index (χ1v) is 4.33. The van der Waals surface area contributed by atoms with E-state index in [2.05, 4.69) is 24.5 Å². The van der Waals surface area contributed by atoms with Gasteiger partial charge in [-0.3, -0.25) is 0 Å². The molecule has 1 fully saturated rings. The molecule has 1 rings (SSSR count). The van der Waals surface area contributed by atoms with Crippen LogP contribution in [0.1, 0.15) is 26.7 Å². The fourth-order valence-electron chi connectivity index (χ4n) is 1.41. The molecule has 0 aromatic rings. The summed E-state index contributed by atoms with van der Waals surface area (Å²) in [6.45, 7) is 6.76. The van der Waals surface area contributed by atoms with Crippen molar-refractivity contribution in [3.05, 3.63) is 0 Å². The second-order valence-corrected chi connectivity index (χ2v) is 3.04. The van der Waals surface area contributed by atoms with Crippen LogP contribution in [0, 0.1) is 0 Å². The van der Waals surface area contributed by atoms with Crippen LogP contribution in [0.4, 0.5) is 0 Å². The summed E-state index contributed by atoms with van der Waals surface area (Å²) in [5.74, 6) is 0. The molecule has 0 amide bonds. The van der Waals surface area contributed by atoms with Crippen molar-refractivity contribution in [1.29, 1.82) is 0 Å². The standard InChI is InChI=1S/C8H18N2/c1-3-7-5-9-6-8(4-2)10-7/h7-10H,3-6H2,1-2H3/t7-,8-/m1/s1. The van der Waals surface area contributed by atoms with E-state index in [1.807, 2.05) is 0 Å². The molecule has 1 heterocycles. The third kappa shape index (κ3) is 1.96. The van der Waals surface area contributed by atoms with E-state index < -0.39 is 0 Å². The topological polar surface area (TPSA) is 24.1 Å². The Kier molecular flexibility index (Phi) is 3.16. The lowest BCUT2D eigenvalue weighted by Crippen LogP contribution is -2.54. The van der Waals surface area contributed by atoms with Crippen molar-refractivity contribution in [1.82, 2.24) is 10.6 Å². The highest BCUT2D eigenvalue weighted by Crippen LogP contribution is 2.00. The maximum absolute atomic E-state index is 3.59. The third-order valence-corrected chi connectivity index (χ3v) is 2.24. The molecule has 1 saturated heterocycles. The van der Waals surface area contributed by atoms with Gasteiger partial charge in [0.1, 0.15) is 0 Å². The van der Waals surface area contributed by atoms with Crippen LogP contribution in [-0.4, -0.2) is 25.2 Å². The molecule has 0 unspecified atom stereocenters. The first-order valence-electron chi connectivity index (χ1n) is 4.33. The van der Waals surface area contributed by atoms with Gasteiger partial charge in [-0.15, -0.1) is 0 Å². The van der Waals surface area contributed by atoms with Gasteiger partial charge in [0.2, 0.25) is 0 Å². The summed E-state index contributed by atoms with van der Waals surface area (Å²) in [4.78, 5) is 0. The predicted molar refractivity (Wildman–Crippen MR) is 44.2 cm³/mol. The predicted octanol–water partition coefficient (Wildman–Crippen LogP) is 0.736. The Morgan fingerprint density at radius 3 is 2.00 bits per heavy atom. The molecular formula is C8H18N2. The number of rotatable bonds is 2. The molecular weight excluding hydrogens is 124 g/mol. The average Bonchev–Trinajstić information content (AvgIpc) is 2.05. The van der Waals surface area contributed by atoms with Crippen LogP contribution >= 0.6 is 0 Å². The van der Waals surface area contributed by atoms with Crippen LogP contribution in [0.15, 0.2) is 0 Å². The molecule has 2 N–H and O–H groups in total. The van der Waals surface area contributed by atoms with E-state index in [1.165, 1.54) is 12.8 Å². The van der Waals surface area contributed by atoms with Crippen molar-refractivity contribution in [2.75, 3.05) is 13.1 Å². The molecule has 0 aromatic heterocycles. The average molecular weight is 142 g/mol. The molecule has 0 spiro atoms. The Labute approximate surface area is 63.4 Å². The van der Waals surface area contributed by atoms with Gasteiger partial charge in [-0.05, 0) is 12.8 Å². The fraction of sp³-hybridized carbons (Fsp3) is 1.00. The quantitative estimate of drug-likeness (QED) is 0.594. The van der Waals surface area contributed by atoms with Gasteiger partial charge in [-0.25, -0.2) is 0 Å². The second-order valence-electron chi connectivity index (χ2n) is 3.04. The van der Waals surface area contributed by atoms with Crippen LogP contribution in [0.5, 0.6) is 0 Å². The van der Waals surface area contributed by atoms with Gasteiger partial charge >= 0.3 is 0 Å². The number of piperazine rings is 1. The zero-order valence-corrected chi connectivity index (χ0v) is 6.98. The lowest BCUT2D eigenvalue weighted by Gasteiger charge is -2.30. The lowest BCUT2D eigenvalue weighted by molar-refractivity contribution is 0.326. The summed E-state index contributed by atoms with van der Waals surface area (Å²) < 4.78 is 0. The van der Waals surface area contributed by atoms with Crippen molar-refractivity contribution in [2.24, 2.45) is 0 Å². The van der Waals surface area contributed by atoms with Gasteiger partial charge in [0.05, 0.1) is 0 Å². The highest BCUT2D eigenvalue weighted by atomic mass is 15.1. The molecule has 0 aromatic carbocycles. The van der Waals surface area contributed by atoms with Crippen LogP contribution in [-0.2, 0) is 0 Å². The largest absolute Gasteiger partial charge is 0.314 e. The lowest BCUT2D eigenvalue weighted by atomic mass is 10.1. The molecule has 1 aliphatic heterocycles. The number of hydrogen-bond acceptors (Lipinski definition) is 2. The number of hydrogen-bond donors (Lipinski definition) is 2. The van der Waals surface area contributed by atoms with Crippen LogP contribution in [0.2, 0.25) is 0 Å². The van der Waals surface area contributed by atoms with Crippen molar-refractivity contribution in [3.63, 3.8) is 0 Å². The van der Waals surface area contributed by atoms with E-state index >= 15 is 0 Å². The Morgan fingerprint density at radius 1 is 1.10 bits per heavy atom. The monoisotopic (exact) mass is 142 g/mol. The molecule has 0 saturated carbocycles. The fourth-order valence-corrected chi connectivity index (χ4v) is 1.41. The molecule has 0 aliphatic carbocycles. The minimum absolute atomic E-state index is 0.707. The summed E-state index contributed by atoms with van der Waals surface area (Å²) in [7, 11) is 0. The first kappa shape index (κ1) is 8.02.